The lowest BCUT2D eigenvalue weighted by Crippen LogP contribution is -1.98. The van der Waals surface area contributed by atoms with Crippen LogP contribution in [-0.2, 0) is 0 Å². The van der Waals surface area contributed by atoms with Gasteiger partial charge in [0.05, 0.1) is 23.8 Å². The fourth-order valence-electron chi connectivity index (χ4n) is 2.35. The van der Waals surface area contributed by atoms with Gasteiger partial charge in [-0.05, 0) is 49.0 Å². The first-order chi connectivity index (χ1) is 9.61. The monoisotopic (exact) mass is 348 g/mol. The molecule has 0 unspecified atom stereocenters. The van der Waals surface area contributed by atoms with E-state index in [1.807, 2.05) is 28.8 Å². The van der Waals surface area contributed by atoms with Crippen molar-refractivity contribution in [2.45, 2.75) is 6.92 Å². The lowest BCUT2D eigenvalue weighted by atomic mass is 10.2. The molecule has 0 saturated heterocycles. The molecule has 0 aliphatic heterocycles. The SMILES string of the molecule is COc1ccc(Br)cc1-n1c(=S)[nH]c2c(C)cccc21. The number of halogens is 1. The summed E-state index contributed by atoms with van der Waals surface area (Å²) >= 11 is 8.98. The molecule has 102 valence electrons. The van der Waals surface area contributed by atoms with Gasteiger partial charge in [0, 0.05) is 4.47 Å². The van der Waals surface area contributed by atoms with E-state index < -0.39 is 0 Å². The Hall–Kier alpha value is -1.59. The second-order valence-corrected chi connectivity index (χ2v) is 5.85. The van der Waals surface area contributed by atoms with Crippen LogP contribution in [0.25, 0.3) is 16.7 Å². The summed E-state index contributed by atoms with van der Waals surface area (Å²) in [6, 6.07) is 12.0. The number of methoxy groups -OCH3 is 1. The number of hydrogen-bond acceptors (Lipinski definition) is 2. The number of ether oxygens (including phenoxy) is 1. The molecule has 0 atom stereocenters. The van der Waals surface area contributed by atoms with Crippen molar-refractivity contribution in [3.8, 4) is 11.4 Å². The average Bonchev–Trinajstić information content (AvgIpc) is 2.76. The Morgan fingerprint density at radius 3 is 2.80 bits per heavy atom. The number of hydrogen-bond donors (Lipinski definition) is 1. The van der Waals surface area contributed by atoms with Gasteiger partial charge >= 0.3 is 0 Å². The highest BCUT2D eigenvalue weighted by molar-refractivity contribution is 9.10. The molecule has 0 saturated carbocycles. The van der Waals surface area contributed by atoms with Crippen LogP contribution in [0.5, 0.6) is 5.75 Å². The first kappa shape index (κ1) is 13.4. The third-order valence-corrected chi connectivity index (χ3v) is 4.09. The van der Waals surface area contributed by atoms with E-state index in [4.69, 9.17) is 17.0 Å². The Kier molecular flexibility index (Phi) is 3.40. The Bertz CT molecular complexity index is 851. The summed E-state index contributed by atoms with van der Waals surface area (Å²) in [5, 5.41) is 0. The van der Waals surface area contributed by atoms with Gasteiger partial charge in [0.1, 0.15) is 5.75 Å². The minimum Gasteiger partial charge on any atom is -0.495 e. The molecule has 0 radical (unpaired) electrons. The number of fused-ring (bicyclic) bond motifs is 1. The highest BCUT2D eigenvalue weighted by Crippen LogP contribution is 2.30. The van der Waals surface area contributed by atoms with Crippen molar-refractivity contribution in [2.24, 2.45) is 0 Å². The summed E-state index contributed by atoms with van der Waals surface area (Å²) in [7, 11) is 1.66. The summed E-state index contributed by atoms with van der Waals surface area (Å²) in [5.74, 6) is 0.784. The number of benzene rings is 2. The molecular formula is C15H13BrN2OS. The van der Waals surface area contributed by atoms with Crippen LogP contribution in [0.4, 0.5) is 0 Å². The molecule has 1 heterocycles. The van der Waals surface area contributed by atoms with Crippen molar-refractivity contribution in [3.05, 3.63) is 51.2 Å². The molecule has 1 aromatic heterocycles. The zero-order valence-corrected chi connectivity index (χ0v) is 13.5. The highest BCUT2D eigenvalue weighted by atomic mass is 79.9. The third-order valence-electron chi connectivity index (χ3n) is 3.31. The minimum atomic E-state index is 0.658. The van der Waals surface area contributed by atoms with Crippen LogP contribution >= 0.6 is 28.1 Å². The predicted octanol–water partition coefficient (Wildman–Crippen LogP) is 4.77. The quantitative estimate of drug-likeness (QED) is 0.676. The Morgan fingerprint density at radius 1 is 1.25 bits per heavy atom. The molecule has 0 spiro atoms. The van der Waals surface area contributed by atoms with Crippen LogP contribution in [0, 0.1) is 11.7 Å². The maximum absolute atomic E-state index is 5.48. The number of aromatic amines is 1. The second-order valence-electron chi connectivity index (χ2n) is 4.55. The van der Waals surface area contributed by atoms with Gasteiger partial charge in [-0.2, -0.15) is 0 Å². The summed E-state index contributed by atoms with van der Waals surface area (Å²) < 4.78 is 9.10. The lowest BCUT2D eigenvalue weighted by Gasteiger charge is -2.11. The standard InChI is InChI=1S/C15H13BrN2OS/c1-9-4-3-5-11-14(9)17-15(20)18(11)12-8-10(16)6-7-13(12)19-2/h3-8H,1-2H3,(H,17,20). The van der Waals surface area contributed by atoms with Gasteiger partial charge in [-0.3, -0.25) is 4.57 Å². The molecule has 0 bridgehead atoms. The highest BCUT2D eigenvalue weighted by Gasteiger charge is 2.12. The van der Waals surface area contributed by atoms with Crippen molar-refractivity contribution in [1.82, 2.24) is 9.55 Å². The topological polar surface area (TPSA) is 29.9 Å². The molecule has 3 rings (SSSR count). The summed E-state index contributed by atoms with van der Waals surface area (Å²) in [6.45, 7) is 2.07. The van der Waals surface area contributed by atoms with E-state index in [-0.39, 0.29) is 0 Å². The Balaban J connectivity index is 2.41. The average molecular weight is 349 g/mol. The maximum atomic E-state index is 5.48. The molecule has 1 N–H and O–H groups in total. The van der Waals surface area contributed by atoms with E-state index in [2.05, 4.69) is 40.0 Å². The van der Waals surface area contributed by atoms with Crippen LogP contribution in [0.1, 0.15) is 5.56 Å². The number of aromatic nitrogens is 2. The second kappa shape index (κ2) is 5.07. The molecule has 5 heteroatoms. The van der Waals surface area contributed by atoms with Gasteiger partial charge in [-0.15, -0.1) is 0 Å². The van der Waals surface area contributed by atoms with E-state index in [1.54, 1.807) is 7.11 Å². The van der Waals surface area contributed by atoms with E-state index in [1.165, 1.54) is 5.56 Å². The van der Waals surface area contributed by atoms with E-state index in [9.17, 15) is 0 Å². The maximum Gasteiger partial charge on any atom is 0.182 e. The van der Waals surface area contributed by atoms with Crippen molar-refractivity contribution >= 4 is 39.2 Å². The minimum absolute atomic E-state index is 0.658. The van der Waals surface area contributed by atoms with Gasteiger partial charge in [0.25, 0.3) is 0 Å². The van der Waals surface area contributed by atoms with E-state index in [0.29, 0.717) is 4.77 Å². The summed E-state index contributed by atoms with van der Waals surface area (Å²) in [4.78, 5) is 3.27. The lowest BCUT2D eigenvalue weighted by molar-refractivity contribution is 0.413. The summed E-state index contributed by atoms with van der Waals surface area (Å²) in [5.41, 5.74) is 4.19. The molecular weight excluding hydrogens is 336 g/mol. The zero-order valence-electron chi connectivity index (χ0n) is 11.1. The fourth-order valence-corrected chi connectivity index (χ4v) is 3.00. The van der Waals surface area contributed by atoms with Crippen molar-refractivity contribution in [3.63, 3.8) is 0 Å². The van der Waals surface area contributed by atoms with Gasteiger partial charge in [0.2, 0.25) is 0 Å². The number of aryl methyl sites for hydroxylation is 1. The Morgan fingerprint density at radius 2 is 2.05 bits per heavy atom. The first-order valence-corrected chi connectivity index (χ1v) is 7.36. The first-order valence-electron chi connectivity index (χ1n) is 6.16. The van der Waals surface area contributed by atoms with Crippen LogP contribution in [0.15, 0.2) is 40.9 Å². The van der Waals surface area contributed by atoms with Crippen molar-refractivity contribution in [1.29, 1.82) is 0 Å². The van der Waals surface area contributed by atoms with Crippen molar-refractivity contribution < 1.29 is 4.74 Å². The van der Waals surface area contributed by atoms with Crippen LogP contribution < -0.4 is 4.74 Å². The summed E-state index contributed by atoms with van der Waals surface area (Å²) in [6.07, 6.45) is 0. The molecule has 0 aliphatic rings. The fraction of sp³-hybridized carbons (Fsp3) is 0.133. The molecule has 3 aromatic rings. The van der Waals surface area contributed by atoms with Crippen LogP contribution in [0.3, 0.4) is 0 Å². The largest absolute Gasteiger partial charge is 0.495 e. The van der Waals surface area contributed by atoms with E-state index >= 15 is 0 Å². The zero-order chi connectivity index (χ0) is 14.3. The number of nitrogens with zero attached hydrogens (tertiary/aromatic N) is 1. The Labute approximate surface area is 130 Å². The van der Waals surface area contributed by atoms with Crippen molar-refractivity contribution in [2.75, 3.05) is 7.11 Å². The predicted molar refractivity (Wildman–Crippen MR) is 87.4 cm³/mol. The number of para-hydroxylation sites is 1. The smallest absolute Gasteiger partial charge is 0.182 e. The van der Waals surface area contributed by atoms with Gasteiger partial charge < -0.3 is 9.72 Å². The molecule has 0 fully saturated rings. The van der Waals surface area contributed by atoms with Crippen LogP contribution in [-0.4, -0.2) is 16.7 Å². The number of imidazole rings is 1. The van der Waals surface area contributed by atoms with Gasteiger partial charge in [-0.1, -0.05) is 28.1 Å². The molecule has 2 aromatic carbocycles. The number of rotatable bonds is 2. The van der Waals surface area contributed by atoms with E-state index in [0.717, 1.165) is 26.9 Å². The molecule has 0 amide bonds. The number of nitrogens with one attached hydrogen (secondary N) is 1. The normalized spacial score (nSPS) is 10.9. The number of H-pyrrole nitrogens is 1. The molecule has 0 aliphatic carbocycles. The molecule has 20 heavy (non-hydrogen) atoms. The third kappa shape index (κ3) is 2.07. The molecule has 3 nitrogen and oxygen atoms in total. The van der Waals surface area contributed by atoms with Crippen LogP contribution in [0.2, 0.25) is 0 Å². The van der Waals surface area contributed by atoms with Gasteiger partial charge in [0.15, 0.2) is 4.77 Å². The van der Waals surface area contributed by atoms with Gasteiger partial charge in [-0.25, -0.2) is 0 Å².